The number of hydrogen-bond donors (Lipinski definition) is 0. The van der Waals surface area contributed by atoms with Crippen LogP contribution in [0.5, 0.6) is 0 Å². The highest BCUT2D eigenvalue weighted by Crippen LogP contribution is 2.32. The number of piperidine rings is 1. The Morgan fingerprint density at radius 3 is 2.35 bits per heavy atom. The van der Waals surface area contributed by atoms with Crippen LogP contribution in [0.3, 0.4) is 0 Å². The maximum absolute atomic E-state index is 12.9. The number of aryl methyl sites for hydroxylation is 2. The Bertz CT molecular complexity index is 953. The SMILES string of the molecule is C=CCN1CCN(C(=O)c2csc(C3CCN(C(=O)c4sc(C)nc4C)CC3)n2)CC1. The van der Waals surface area contributed by atoms with Crippen molar-refractivity contribution in [2.24, 2.45) is 0 Å². The van der Waals surface area contributed by atoms with Crippen molar-refractivity contribution >= 4 is 34.5 Å². The van der Waals surface area contributed by atoms with E-state index in [1.165, 1.54) is 11.3 Å². The summed E-state index contributed by atoms with van der Waals surface area (Å²) in [6.45, 7) is 13.1. The number of hydrogen-bond acceptors (Lipinski definition) is 7. The first-order valence-corrected chi connectivity index (χ1v) is 12.5. The van der Waals surface area contributed by atoms with Crippen LogP contribution in [0, 0.1) is 13.8 Å². The molecule has 7 nitrogen and oxygen atoms in total. The van der Waals surface area contributed by atoms with E-state index in [1.807, 2.05) is 35.1 Å². The molecule has 0 radical (unpaired) electrons. The zero-order valence-electron chi connectivity index (χ0n) is 18.2. The van der Waals surface area contributed by atoms with E-state index >= 15 is 0 Å². The van der Waals surface area contributed by atoms with E-state index < -0.39 is 0 Å². The highest BCUT2D eigenvalue weighted by molar-refractivity contribution is 7.13. The lowest BCUT2D eigenvalue weighted by atomic mass is 9.97. The summed E-state index contributed by atoms with van der Waals surface area (Å²) in [6, 6.07) is 0. The molecule has 4 rings (SSSR count). The van der Waals surface area contributed by atoms with E-state index in [2.05, 4.69) is 16.5 Å². The van der Waals surface area contributed by atoms with Crippen LogP contribution in [0.25, 0.3) is 0 Å². The van der Waals surface area contributed by atoms with Gasteiger partial charge < -0.3 is 9.80 Å². The van der Waals surface area contributed by atoms with Gasteiger partial charge in [-0.1, -0.05) is 6.08 Å². The zero-order valence-corrected chi connectivity index (χ0v) is 19.8. The molecule has 166 valence electrons. The molecular weight excluding hydrogens is 430 g/mol. The van der Waals surface area contributed by atoms with Gasteiger partial charge in [-0.2, -0.15) is 0 Å². The number of amides is 2. The van der Waals surface area contributed by atoms with Crippen molar-refractivity contribution in [1.82, 2.24) is 24.7 Å². The fraction of sp³-hybridized carbons (Fsp3) is 0.545. The van der Waals surface area contributed by atoms with Crippen LogP contribution in [-0.2, 0) is 0 Å². The molecule has 2 aliphatic heterocycles. The highest BCUT2D eigenvalue weighted by Gasteiger charge is 2.29. The lowest BCUT2D eigenvalue weighted by Gasteiger charge is -2.33. The normalized spacial score (nSPS) is 18.4. The smallest absolute Gasteiger partial charge is 0.273 e. The Hall–Kier alpha value is -2.10. The number of likely N-dealkylation sites (tertiary alicyclic amines) is 1. The second-order valence-corrected chi connectivity index (χ2v) is 10.3. The summed E-state index contributed by atoms with van der Waals surface area (Å²) >= 11 is 3.05. The minimum Gasteiger partial charge on any atom is -0.338 e. The Morgan fingerprint density at radius 2 is 1.74 bits per heavy atom. The molecule has 2 aromatic rings. The molecule has 0 N–H and O–H groups in total. The predicted octanol–water partition coefficient (Wildman–Crippen LogP) is 3.18. The standard InChI is InChI=1S/C22H29N5O2S2/c1-4-7-25-10-12-27(13-11-25)21(28)18-14-30-20(24-18)17-5-8-26(9-6-17)22(29)19-15(2)23-16(3)31-19/h4,14,17H,1,5-13H2,2-3H3. The quantitative estimate of drug-likeness (QED) is 0.643. The van der Waals surface area contributed by atoms with Crippen LogP contribution in [-0.4, -0.2) is 82.3 Å². The number of aromatic nitrogens is 2. The number of piperazine rings is 1. The Kier molecular flexibility index (Phi) is 6.83. The Balaban J connectivity index is 1.32. The van der Waals surface area contributed by atoms with Gasteiger partial charge in [0.2, 0.25) is 0 Å². The van der Waals surface area contributed by atoms with E-state index in [0.717, 1.165) is 66.2 Å². The maximum atomic E-state index is 12.9. The van der Waals surface area contributed by atoms with Crippen LogP contribution in [0.1, 0.15) is 54.6 Å². The molecule has 0 saturated carbocycles. The molecule has 0 aliphatic carbocycles. The number of thiazole rings is 2. The van der Waals surface area contributed by atoms with Gasteiger partial charge in [0.05, 0.1) is 15.7 Å². The molecule has 2 fully saturated rings. The summed E-state index contributed by atoms with van der Waals surface area (Å²) in [5, 5.41) is 3.85. The largest absolute Gasteiger partial charge is 0.338 e. The lowest BCUT2D eigenvalue weighted by molar-refractivity contribution is 0.0645. The Morgan fingerprint density at radius 1 is 1.06 bits per heavy atom. The van der Waals surface area contributed by atoms with E-state index in [0.29, 0.717) is 24.7 Å². The molecule has 0 bridgehead atoms. The topological polar surface area (TPSA) is 69.6 Å². The minimum atomic E-state index is 0.0319. The molecular formula is C22H29N5O2S2. The van der Waals surface area contributed by atoms with Crippen LogP contribution in [0.2, 0.25) is 0 Å². The van der Waals surface area contributed by atoms with E-state index in [4.69, 9.17) is 4.98 Å². The summed E-state index contributed by atoms with van der Waals surface area (Å²) in [5.41, 5.74) is 1.38. The summed E-state index contributed by atoms with van der Waals surface area (Å²) in [7, 11) is 0. The van der Waals surface area contributed by atoms with Crippen molar-refractivity contribution in [1.29, 1.82) is 0 Å². The lowest BCUT2D eigenvalue weighted by Crippen LogP contribution is -2.48. The molecule has 2 saturated heterocycles. The van der Waals surface area contributed by atoms with Crippen LogP contribution in [0.4, 0.5) is 0 Å². The van der Waals surface area contributed by atoms with Gasteiger partial charge in [-0.25, -0.2) is 9.97 Å². The van der Waals surface area contributed by atoms with Crippen molar-refractivity contribution in [3.63, 3.8) is 0 Å². The molecule has 2 aromatic heterocycles. The van der Waals surface area contributed by atoms with Gasteiger partial charge in [0, 0.05) is 57.1 Å². The first-order chi connectivity index (χ1) is 15.0. The summed E-state index contributed by atoms with van der Waals surface area (Å²) < 4.78 is 0. The number of carbonyl (C=O) groups excluding carboxylic acids is 2. The molecule has 31 heavy (non-hydrogen) atoms. The van der Waals surface area contributed by atoms with Gasteiger partial charge >= 0.3 is 0 Å². The maximum Gasteiger partial charge on any atom is 0.273 e. The fourth-order valence-corrected chi connectivity index (χ4v) is 6.11. The zero-order chi connectivity index (χ0) is 22.0. The van der Waals surface area contributed by atoms with E-state index in [1.54, 1.807) is 11.3 Å². The number of nitrogens with zero attached hydrogens (tertiary/aromatic N) is 5. The number of rotatable bonds is 5. The first kappa shape index (κ1) is 22.1. The Labute approximate surface area is 191 Å². The molecule has 2 amide bonds. The molecule has 0 atom stereocenters. The van der Waals surface area contributed by atoms with Gasteiger partial charge in [0.15, 0.2) is 0 Å². The third-order valence-corrected chi connectivity index (χ3v) is 8.09. The highest BCUT2D eigenvalue weighted by atomic mass is 32.1. The van der Waals surface area contributed by atoms with Crippen molar-refractivity contribution in [3.05, 3.63) is 44.3 Å². The first-order valence-electron chi connectivity index (χ1n) is 10.8. The molecule has 0 spiro atoms. The van der Waals surface area contributed by atoms with Crippen molar-refractivity contribution < 1.29 is 9.59 Å². The predicted molar refractivity (Wildman–Crippen MR) is 124 cm³/mol. The van der Waals surface area contributed by atoms with E-state index in [9.17, 15) is 9.59 Å². The molecule has 0 unspecified atom stereocenters. The second-order valence-electron chi connectivity index (χ2n) is 8.17. The van der Waals surface area contributed by atoms with Gasteiger partial charge in [-0.3, -0.25) is 14.5 Å². The van der Waals surface area contributed by atoms with Gasteiger partial charge in [0.25, 0.3) is 11.8 Å². The van der Waals surface area contributed by atoms with Gasteiger partial charge in [-0.05, 0) is 26.7 Å². The average molecular weight is 460 g/mol. The molecule has 4 heterocycles. The summed E-state index contributed by atoms with van der Waals surface area (Å²) in [4.78, 5) is 41.7. The van der Waals surface area contributed by atoms with Crippen LogP contribution < -0.4 is 0 Å². The summed E-state index contributed by atoms with van der Waals surface area (Å²) in [6.07, 6.45) is 3.66. The van der Waals surface area contributed by atoms with Crippen molar-refractivity contribution in [3.8, 4) is 0 Å². The van der Waals surface area contributed by atoms with E-state index in [-0.39, 0.29) is 11.8 Å². The molecule has 0 aromatic carbocycles. The molecule has 9 heteroatoms. The van der Waals surface area contributed by atoms with Gasteiger partial charge in [-0.15, -0.1) is 29.3 Å². The van der Waals surface area contributed by atoms with Crippen molar-refractivity contribution in [2.45, 2.75) is 32.6 Å². The van der Waals surface area contributed by atoms with Crippen molar-refractivity contribution in [2.75, 3.05) is 45.8 Å². The van der Waals surface area contributed by atoms with Crippen LogP contribution in [0.15, 0.2) is 18.0 Å². The monoisotopic (exact) mass is 459 g/mol. The average Bonchev–Trinajstić information content (AvgIpc) is 3.40. The van der Waals surface area contributed by atoms with Gasteiger partial charge in [0.1, 0.15) is 10.6 Å². The minimum absolute atomic E-state index is 0.0319. The molecule has 2 aliphatic rings. The third kappa shape index (κ3) is 4.88. The third-order valence-electron chi connectivity index (χ3n) is 6.02. The fourth-order valence-electron chi connectivity index (χ4n) is 4.25. The summed E-state index contributed by atoms with van der Waals surface area (Å²) in [5.74, 6) is 0.431. The van der Waals surface area contributed by atoms with Crippen LogP contribution >= 0.6 is 22.7 Å². The second kappa shape index (κ2) is 9.58. The number of carbonyl (C=O) groups is 2.